The highest BCUT2D eigenvalue weighted by Crippen LogP contribution is 2.24. The van der Waals surface area contributed by atoms with Crippen LogP contribution in [0, 0.1) is 13.8 Å². The van der Waals surface area contributed by atoms with E-state index in [4.69, 9.17) is 9.47 Å². The van der Waals surface area contributed by atoms with Crippen LogP contribution in [0.25, 0.3) is 0 Å². The smallest absolute Gasteiger partial charge is 0.317 e. The van der Waals surface area contributed by atoms with E-state index in [9.17, 15) is 8.42 Å². The van der Waals surface area contributed by atoms with E-state index >= 15 is 0 Å². The predicted octanol–water partition coefficient (Wildman–Crippen LogP) is 3.11. The van der Waals surface area contributed by atoms with Crippen molar-refractivity contribution in [2.45, 2.75) is 57.6 Å². The summed E-state index contributed by atoms with van der Waals surface area (Å²) in [5.41, 5.74) is 1.65. The third kappa shape index (κ3) is 4.99. The van der Waals surface area contributed by atoms with Crippen molar-refractivity contribution in [3.63, 3.8) is 0 Å². The zero-order valence-electron chi connectivity index (χ0n) is 16.8. The van der Waals surface area contributed by atoms with Crippen LogP contribution in [0.2, 0.25) is 0 Å². The fourth-order valence-electron chi connectivity index (χ4n) is 3.23. The highest BCUT2D eigenvalue weighted by molar-refractivity contribution is 7.89. The van der Waals surface area contributed by atoms with Gasteiger partial charge in [-0.2, -0.15) is 4.31 Å². The number of sulfonamides is 1. The Morgan fingerprint density at radius 2 is 1.75 bits per heavy atom. The minimum absolute atomic E-state index is 0.0370. The van der Waals surface area contributed by atoms with Crippen molar-refractivity contribution < 1.29 is 17.9 Å². The molecule has 0 aliphatic carbocycles. The van der Waals surface area contributed by atoms with Gasteiger partial charge >= 0.3 is 6.01 Å². The molecular formula is C20H27N3O4S. The molecule has 3 rings (SSSR count). The summed E-state index contributed by atoms with van der Waals surface area (Å²) >= 11 is 0. The summed E-state index contributed by atoms with van der Waals surface area (Å²) in [5, 5.41) is 0. The van der Waals surface area contributed by atoms with E-state index < -0.39 is 10.0 Å². The molecule has 152 valence electrons. The minimum atomic E-state index is -3.59. The van der Waals surface area contributed by atoms with Gasteiger partial charge in [0.1, 0.15) is 11.9 Å². The van der Waals surface area contributed by atoms with Crippen molar-refractivity contribution in [2.75, 3.05) is 13.1 Å². The van der Waals surface area contributed by atoms with Crippen molar-refractivity contribution in [3.05, 3.63) is 41.7 Å². The molecule has 2 aromatic rings. The molecule has 1 aliphatic heterocycles. The molecule has 7 nitrogen and oxygen atoms in total. The predicted molar refractivity (Wildman–Crippen MR) is 106 cm³/mol. The number of hydrogen-bond acceptors (Lipinski definition) is 6. The average molecular weight is 406 g/mol. The number of benzene rings is 1. The lowest BCUT2D eigenvalue weighted by molar-refractivity contribution is 0.119. The van der Waals surface area contributed by atoms with Gasteiger partial charge < -0.3 is 9.47 Å². The van der Waals surface area contributed by atoms with Crippen LogP contribution in [0.4, 0.5) is 0 Å². The van der Waals surface area contributed by atoms with Crippen LogP contribution in [0.5, 0.6) is 11.8 Å². The van der Waals surface area contributed by atoms with Crippen molar-refractivity contribution in [3.8, 4) is 11.8 Å². The third-order valence-corrected chi connectivity index (χ3v) is 6.29. The average Bonchev–Trinajstić information content (AvgIpc) is 2.61. The molecular weight excluding hydrogens is 378 g/mol. The molecule has 0 saturated carbocycles. The lowest BCUT2D eigenvalue weighted by Crippen LogP contribution is -2.44. The molecule has 0 spiro atoms. The number of hydrogen-bond donors (Lipinski definition) is 0. The Labute approximate surface area is 166 Å². The van der Waals surface area contributed by atoms with E-state index in [1.165, 1.54) is 4.31 Å². The zero-order chi connectivity index (χ0) is 20.3. The molecule has 1 atom stereocenters. The van der Waals surface area contributed by atoms with E-state index in [-0.39, 0.29) is 23.6 Å². The first-order valence-electron chi connectivity index (χ1n) is 9.50. The first-order chi connectivity index (χ1) is 13.2. The number of nitrogens with zero attached hydrogens (tertiary/aromatic N) is 3. The maximum absolute atomic E-state index is 13.0. The van der Waals surface area contributed by atoms with E-state index in [1.54, 1.807) is 24.3 Å². The highest BCUT2D eigenvalue weighted by Gasteiger charge is 2.31. The molecule has 0 N–H and O–H groups in total. The molecule has 28 heavy (non-hydrogen) atoms. The van der Waals surface area contributed by atoms with Crippen LogP contribution in [0.1, 0.15) is 38.1 Å². The molecule has 2 heterocycles. The van der Waals surface area contributed by atoms with Gasteiger partial charge in [0.05, 0.1) is 17.5 Å². The van der Waals surface area contributed by atoms with E-state index in [1.807, 2.05) is 33.8 Å². The van der Waals surface area contributed by atoms with Crippen LogP contribution in [0.15, 0.2) is 35.2 Å². The zero-order valence-corrected chi connectivity index (χ0v) is 17.6. The van der Waals surface area contributed by atoms with Gasteiger partial charge in [-0.05, 0) is 70.9 Å². The van der Waals surface area contributed by atoms with Crippen molar-refractivity contribution in [2.24, 2.45) is 0 Å². The molecule has 1 aliphatic rings. The van der Waals surface area contributed by atoms with Crippen molar-refractivity contribution >= 4 is 10.0 Å². The molecule has 1 saturated heterocycles. The van der Waals surface area contributed by atoms with Crippen LogP contribution in [0.3, 0.4) is 0 Å². The van der Waals surface area contributed by atoms with Crippen molar-refractivity contribution in [1.82, 2.24) is 14.3 Å². The number of piperidine rings is 1. The molecule has 8 heteroatoms. The Balaban J connectivity index is 1.71. The Bertz CT molecular complexity index is 893. The maximum Gasteiger partial charge on any atom is 0.317 e. The number of rotatable bonds is 6. The van der Waals surface area contributed by atoms with Gasteiger partial charge in [-0.25, -0.2) is 18.4 Å². The van der Waals surface area contributed by atoms with Crippen LogP contribution < -0.4 is 9.47 Å². The standard InChI is InChI=1S/C20H27N3O4S/c1-14(2)26-17-7-9-19(10-8-17)28(24,25)23-11-5-6-18(13-23)27-20-21-15(3)12-16(4)22-20/h7-10,12,14,18H,5-6,11,13H2,1-4H3. The Morgan fingerprint density at radius 1 is 1.11 bits per heavy atom. The molecule has 0 amide bonds. The molecule has 1 unspecified atom stereocenters. The monoisotopic (exact) mass is 405 g/mol. The third-order valence-electron chi connectivity index (χ3n) is 4.41. The van der Waals surface area contributed by atoms with Crippen LogP contribution in [-0.2, 0) is 10.0 Å². The van der Waals surface area contributed by atoms with E-state index in [0.717, 1.165) is 24.2 Å². The fourth-order valence-corrected chi connectivity index (χ4v) is 4.74. The largest absolute Gasteiger partial charge is 0.491 e. The van der Waals surface area contributed by atoms with E-state index in [0.29, 0.717) is 18.3 Å². The summed E-state index contributed by atoms with van der Waals surface area (Å²) in [6.45, 7) is 8.37. The maximum atomic E-state index is 13.0. The van der Waals surface area contributed by atoms with Gasteiger partial charge in [0.25, 0.3) is 0 Å². The second kappa shape index (κ2) is 8.45. The van der Waals surface area contributed by atoms with Gasteiger partial charge in [0.15, 0.2) is 0 Å². The number of aromatic nitrogens is 2. The summed E-state index contributed by atoms with van der Waals surface area (Å²) in [6.07, 6.45) is 1.26. The molecule has 1 aromatic carbocycles. The van der Waals surface area contributed by atoms with Gasteiger partial charge in [0.2, 0.25) is 10.0 Å². The topological polar surface area (TPSA) is 81.6 Å². The number of aryl methyl sites for hydroxylation is 2. The summed E-state index contributed by atoms with van der Waals surface area (Å²) in [7, 11) is -3.59. The Kier molecular flexibility index (Phi) is 6.20. The van der Waals surface area contributed by atoms with Gasteiger partial charge in [-0.1, -0.05) is 0 Å². The minimum Gasteiger partial charge on any atom is -0.491 e. The van der Waals surface area contributed by atoms with Gasteiger partial charge in [-0.3, -0.25) is 0 Å². The molecule has 1 fully saturated rings. The second-order valence-electron chi connectivity index (χ2n) is 7.32. The Morgan fingerprint density at radius 3 is 2.36 bits per heavy atom. The fraction of sp³-hybridized carbons (Fsp3) is 0.500. The summed E-state index contributed by atoms with van der Waals surface area (Å²) in [4.78, 5) is 8.84. The quantitative estimate of drug-likeness (QED) is 0.734. The Hall–Kier alpha value is -2.19. The number of ether oxygens (including phenoxy) is 2. The second-order valence-corrected chi connectivity index (χ2v) is 9.25. The first kappa shape index (κ1) is 20.5. The SMILES string of the molecule is Cc1cc(C)nc(OC2CCCN(S(=O)(=O)c3ccc(OC(C)C)cc3)C2)n1. The van der Waals surface area contributed by atoms with Crippen molar-refractivity contribution in [1.29, 1.82) is 0 Å². The first-order valence-corrected chi connectivity index (χ1v) is 10.9. The normalized spacial score (nSPS) is 18.2. The van der Waals surface area contributed by atoms with Crippen LogP contribution >= 0.6 is 0 Å². The highest BCUT2D eigenvalue weighted by atomic mass is 32.2. The van der Waals surface area contributed by atoms with E-state index in [2.05, 4.69) is 9.97 Å². The summed E-state index contributed by atoms with van der Waals surface area (Å²) in [5.74, 6) is 0.653. The molecule has 0 radical (unpaired) electrons. The molecule has 0 bridgehead atoms. The lowest BCUT2D eigenvalue weighted by atomic mass is 10.1. The van der Waals surface area contributed by atoms with Crippen LogP contribution in [-0.4, -0.2) is 48.0 Å². The van der Waals surface area contributed by atoms with Gasteiger partial charge in [0, 0.05) is 17.9 Å². The lowest BCUT2D eigenvalue weighted by Gasteiger charge is -2.31. The van der Waals surface area contributed by atoms with Gasteiger partial charge in [-0.15, -0.1) is 0 Å². The summed E-state index contributed by atoms with van der Waals surface area (Å²) in [6, 6.07) is 8.73. The summed E-state index contributed by atoms with van der Waals surface area (Å²) < 4.78 is 39.0. The molecule has 1 aromatic heterocycles.